The standard InChI is InChI=1S/C53H44F10N2O6/c54-50(55,56)31-39-1-15-41(16-2-39)52(60,61)70-45-23-9-35(10-24-45)13-27-47(66)68-33-49(29-37-5-19-43(64)20-6-37,30-38-7-21-44(65)22-8-38)34-69-48(67)28-14-36-11-25-46(26-12-36)71-53(62,63)42-17-3-40(4-18-42)32-51(57,58)59/h1-28H,29-34,64-65H2/b27-13+,28-14+. The van der Waals surface area contributed by atoms with Gasteiger partial charge in [0, 0.05) is 28.9 Å². The van der Waals surface area contributed by atoms with Gasteiger partial charge in [-0.25, -0.2) is 9.59 Å². The number of halogens is 10. The van der Waals surface area contributed by atoms with Crippen LogP contribution in [0, 0.1) is 5.41 Å². The van der Waals surface area contributed by atoms with Gasteiger partial charge in [0.05, 0.1) is 24.0 Å². The molecule has 0 unspecified atom stereocenters. The van der Waals surface area contributed by atoms with Gasteiger partial charge in [0.25, 0.3) is 0 Å². The highest BCUT2D eigenvalue weighted by Crippen LogP contribution is 2.35. The van der Waals surface area contributed by atoms with Crippen molar-refractivity contribution in [3.05, 3.63) is 202 Å². The molecule has 8 nitrogen and oxygen atoms in total. The van der Waals surface area contributed by atoms with Gasteiger partial charge in [0.2, 0.25) is 0 Å². The number of nitrogens with two attached hydrogens (primary N) is 2. The minimum atomic E-state index is -4.50. The summed E-state index contributed by atoms with van der Waals surface area (Å²) in [6.07, 6.45) is -14.0. The van der Waals surface area contributed by atoms with Crippen molar-refractivity contribution in [2.45, 2.75) is 50.3 Å². The molecule has 71 heavy (non-hydrogen) atoms. The molecule has 4 N–H and O–H groups in total. The number of ether oxygens (including phenoxy) is 4. The molecule has 0 aliphatic rings. The van der Waals surface area contributed by atoms with Crippen LogP contribution in [-0.2, 0) is 57.0 Å². The summed E-state index contributed by atoms with van der Waals surface area (Å²) >= 11 is 0. The van der Waals surface area contributed by atoms with E-state index in [1.165, 1.54) is 60.7 Å². The van der Waals surface area contributed by atoms with Crippen LogP contribution >= 0.6 is 0 Å². The zero-order valence-electron chi connectivity index (χ0n) is 37.3. The predicted octanol–water partition coefficient (Wildman–Crippen LogP) is 12.6. The van der Waals surface area contributed by atoms with Crippen LogP contribution in [0.3, 0.4) is 0 Å². The summed E-state index contributed by atoms with van der Waals surface area (Å²) in [6.45, 7) is -0.574. The molecule has 18 heteroatoms. The van der Waals surface area contributed by atoms with Gasteiger partial charge in [-0.05, 0) is 131 Å². The molecule has 0 bridgehead atoms. The molecule has 6 aromatic carbocycles. The molecule has 6 aromatic rings. The van der Waals surface area contributed by atoms with Crippen molar-refractivity contribution in [3.8, 4) is 11.5 Å². The lowest BCUT2D eigenvalue weighted by Gasteiger charge is -2.33. The summed E-state index contributed by atoms with van der Waals surface area (Å²) in [5.74, 6) is -2.14. The average Bonchev–Trinajstić information content (AvgIpc) is 3.30. The van der Waals surface area contributed by atoms with Crippen molar-refractivity contribution in [1.82, 2.24) is 0 Å². The Bertz CT molecular complexity index is 2570. The Labute approximate surface area is 401 Å². The molecule has 0 fully saturated rings. The average molecular weight is 995 g/mol. The van der Waals surface area contributed by atoms with E-state index in [1.54, 1.807) is 48.5 Å². The number of esters is 2. The molecule has 0 saturated heterocycles. The maximum atomic E-state index is 14.9. The first-order valence-electron chi connectivity index (χ1n) is 21.5. The van der Waals surface area contributed by atoms with E-state index >= 15 is 0 Å². The summed E-state index contributed by atoms with van der Waals surface area (Å²) in [5, 5.41) is 0. The lowest BCUT2D eigenvalue weighted by molar-refractivity contribution is -0.186. The third-order valence-corrected chi connectivity index (χ3v) is 10.6. The molecule has 0 aliphatic carbocycles. The van der Waals surface area contributed by atoms with Crippen LogP contribution < -0.4 is 20.9 Å². The van der Waals surface area contributed by atoms with Gasteiger partial charge in [-0.2, -0.15) is 43.9 Å². The molecule has 6 rings (SSSR count). The van der Waals surface area contributed by atoms with Crippen LogP contribution in [0.5, 0.6) is 11.5 Å². The number of hydrogen-bond donors (Lipinski definition) is 2. The Morgan fingerprint density at radius 1 is 0.408 bits per heavy atom. The van der Waals surface area contributed by atoms with Crippen molar-refractivity contribution in [1.29, 1.82) is 0 Å². The fourth-order valence-electron chi connectivity index (χ4n) is 7.12. The van der Waals surface area contributed by atoms with Crippen molar-refractivity contribution in [2.75, 3.05) is 24.7 Å². The molecule has 0 saturated carbocycles. The monoisotopic (exact) mass is 994 g/mol. The maximum Gasteiger partial charge on any atom is 0.426 e. The summed E-state index contributed by atoms with van der Waals surface area (Å²) < 4.78 is 157. The maximum absolute atomic E-state index is 14.9. The van der Waals surface area contributed by atoms with Crippen molar-refractivity contribution in [3.63, 3.8) is 0 Å². The van der Waals surface area contributed by atoms with Crippen molar-refractivity contribution >= 4 is 35.5 Å². The number of anilines is 2. The first-order chi connectivity index (χ1) is 33.4. The fraction of sp³-hybridized carbons (Fsp3) is 0.208. The lowest BCUT2D eigenvalue weighted by atomic mass is 9.77. The number of nitrogen functional groups attached to an aromatic ring is 2. The van der Waals surface area contributed by atoms with E-state index < -0.39 is 65.9 Å². The van der Waals surface area contributed by atoms with Crippen LogP contribution in [0.2, 0.25) is 0 Å². The zero-order chi connectivity index (χ0) is 51.5. The van der Waals surface area contributed by atoms with E-state index in [1.807, 2.05) is 0 Å². The zero-order valence-corrected chi connectivity index (χ0v) is 37.3. The highest BCUT2D eigenvalue weighted by Gasteiger charge is 2.38. The fourth-order valence-corrected chi connectivity index (χ4v) is 7.12. The summed E-state index contributed by atoms with van der Waals surface area (Å²) in [6, 6.07) is 31.4. The highest BCUT2D eigenvalue weighted by molar-refractivity contribution is 5.87. The molecule has 0 spiro atoms. The summed E-state index contributed by atoms with van der Waals surface area (Å²) in [7, 11) is 0. The predicted molar refractivity (Wildman–Crippen MR) is 246 cm³/mol. The first-order valence-corrected chi connectivity index (χ1v) is 21.5. The van der Waals surface area contributed by atoms with Gasteiger partial charge >= 0.3 is 36.5 Å². The minimum Gasteiger partial charge on any atom is -0.462 e. The quantitative estimate of drug-likeness (QED) is 0.0336. The lowest BCUT2D eigenvalue weighted by Crippen LogP contribution is -2.38. The number of carbonyl (C=O) groups excluding carboxylic acids is 2. The molecular formula is C53H44F10N2O6. The van der Waals surface area contributed by atoms with Crippen molar-refractivity contribution < 1.29 is 72.4 Å². The van der Waals surface area contributed by atoms with Gasteiger partial charge in [0.1, 0.15) is 24.7 Å². The van der Waals surface area contributed by atoms with Gasteiger partial charge in [-0.15, -0.1) is 0 Å². The second-order valence-electron chi connectivity index (χ2n) is 16.6. The Morgan fingerprint density at radius 3 is 1.01 bits per heavy atom. The van der Waals surface area contributed by atoms with Crippen LogP contribution in [0.1, 0.15) is 44.5 Å². The van der Waals surface area contributed by atoms with Gasteiger partial charge in [0.15, 0.2) is 0 Å². The molecule has 372 valence electrons. The Balaban J connectivity index is 1.12. The van der Waals surface area contributed by atoms with E-state index in [9.17, 15) is 53.5 Å². The first kappa shape index (κ1) is 52.6. The molecular weight excluding hydrogens is 951 g/mol. The molecule has 0 atom stereocenters. The van der Waals surface area contributed by atoms with E-state index in [2.05, 4.69) is 0 Å². The van der Waals surface area contributed by atoms with Crippen LogP contribution in [0.25, 0.3) is 12.2 Å². The Kier molecular flexibility index (Phi) is 16.5. The van der Waals surface area contributed by atoms with Crippen molar-refractivity contribution in [2.24, 2.45) is 5.41 Å². The van der Waals surface area contributed by atoms with E-state index in [4.69, 9.17) is 30.4 Å². The largest absolute Gasteiger partial charge is 0.462 e. The van der Waals surface area contributed by atoms with Crippen LogP contribution in [0.4, 0.5) is 55.3 Å². The topological polar surface area (TPSA) is 123 Å². The number of carbonyl (C=O) groups is 2. The summed E-state index contributed by atoms with van der Waals surface area (Å²) in [4.78, 5) is 26.5. The number of hydrogen-bond acceptors (Lipinski definition) is 8. The van der Waals surface area contributed by atoms with E-state index in [0.717, 1.165) is 71.8 Å². The second kappa shape index (κ2) is 22.3. The van der Waals surface area contributed by atoms with E-state index in [-0.39, 0.29) is 48.7 Å². The normalized spacial score (nSPS) is 12.5. The van der Waals surface area contributed by atoms with Gasteiger partial charge < -0.3 is 30.4 Å². The third-order valence-electron chi connectivity index (χ3n) is 10.6. The molecule has 0 aliphatic heterocycles. The van der Waals surface area contributed by atoms with Gasteiger partial charge in [-0.1, -0.05) is 72.8 Å². The Hall–Kier alpha value is -7.76. The van der Waals surface area contributed by atoms with Gasteiger partial charge in [-0.3, -0.25) is 0 Å². The molecule has 0 amide bonds. The number of alkyl halides is 10. The smallest absolute Gasteiger partial charge is 0.426 e. The molecule has 0 heterocycles. The molecule has 0 radical (unpaired) electrons. The SMILES string of the molecule is Nc1ccc(CC(COC(=O)/C=C/c2ccc(OC(F)(F)c3ccc(CC(F)(F)F)cc3)cc2)(COC(=O)/C=C/c2ccc(OC(F)(F)c3ccc(CC(F)(F)F)cc3)cc2)Cc2ccc(N)cc2)cc1. The molecule has 0 aromatic heterocycles. The van der Waals surface area contributed by atoms with Crippen LogP contribution in [-0.4, -0.2) is 37.5 Å². The second-order valence-corrected chi connectivity index (χ2v) is 16.6. The number of benzene rings is 6. The highest BCUT2D eigenvalue weighted by atomic mass is 19.4. The summed E-state index contributed by atoms with van der Waals surface area (Å²) in [5.41, 5.74) is 12.3. The van der Waals surface area contributed by atoms with E-state index in [0.29, 0.717) is 22.5 Å². The minimum absolute atomic E-state index is 0.191. The third kappa shape index (κ3) is 16.7. The Morgan fingerprint density at radius 2 is 0.704 bits per heavy atom. The van der Waals surface area contributed by atoms with Crippen LogP contribution in [0.15, 0.2) is 158 Å². The number of rotatable bonds is 20.